The largest absolute Gasteiger partial charge is 0.324 e. The van der Waals surface area contributed by atoms with E-state index in [0.717, 1.165) is 12.5 Å². The number of hydrogen-bond acceptors (Lipinski definition) is 2. The van der Waals surface area contributed by atoms with Crippen molar-refractivity contribution in [3.8, 4) is 0 Å². The SMILES string of the molecule is O=C(Nc1ccc(N2CCCN(Cc3cccc(Cl)c3F)C2=O)cc1)c1cccc(F)c1. The Balaban J connectivity index is 1.44. The third-order valence-corrected chi connectivity index (χ3v) is 5.52. The van der Waals surface area contributed by atoms with Crippen molar-refractivity contribution in [3.63, 3.8) is 0 Å². The third kappa shape index (κ3) is 4.73. The molecule has 32 heavy (non-hydrogen) atoms. The van der Waals surface area contributed by atoms with E-state index >= 15 is 0 Å². The number of anilines is 2. The highest BCUT2D eigenvalue weighted by Gasteiger charge is 2.27. The zero-order chi connectivity index (χ0) is 22.7. The number of hydrogen-bond donors (Lipinski definition) is 1. The molecule has 3 aromatic rings. The molecule has 8 heteroatoms. The molecule has 5 nitrogen and oxygen atoms in total. The number of urea groups is 1. The van der Waals surface area contributed by atoms with Gasteiger partial charge in [0.15, 0.2) is 0 Å². The summed E-state index contributed by atoms with van der Waals surface area (Å²) in [5, 5.41) is 2.73. The lowest BCUT2D eigenvalue weighted by Gasteiger charge is -2.35. The first-order valence-electron chi connectivity index (χ1n) is 10.1. The van der Waals surface area contributed by atoms with Gasteiger partial charge < -0.3 is 10.2 Å². The van der Waals surface area contributed by atoms with Crippen molar-refractivity contribution in [2.75, 3.05) is 23.3 Å². The lowest BCUT2D eigenvalue weighted by molar-refractivity contribution is 0.102. The topological polar surface area (TPSA) is 52.7 Å². The van der Waals surface area contributed by atoms with Gasteiger partial charge in [0.05, 0.1) is 11.6 Å². The highest BCUT2D eigenvalue weighted by atomic mass is 35.5. The minimum atomic E-state index is -0.516. The first kappa shape index (κ1) is 21.8. The lowest BCUT2D eigenvalue weighted by atomic mass is 10.1. The Kier molecular flexibility index (Phi) is 6.37. The fraction of sp³-hybridized carbons (Fsp3) is 0.167. The number of nitrogens with zero attached hydrogens (tertiary/aromatic N) is 2. The summed E-state index contributed by atoms with van der Waals surface area (Å²) in [6, 6.07) is 16.7. The van der Waals surface area contributed by atoms with E-state index in [1.54, 1.807) is 46.2 Å². The highest BCUT2D eigenvalue weighted by Crippen LogP contribution is 2.25. The first-order valence-corrected chi connectivity index (χ1v) is 10.5. The summed E-state index contributed by atoms with van der Waals surface area (Å²) in [4.78, 5) is 28.5. The molecule has 1 aliphatic rings. The highest BCUT2D eigenvalue weighted by molar-refractivity contribution is 6.30. The van der Waals surface area contributed by atoms with Gasteiger partial charge >= 0.3 is 6.03 Å². The Morgan fingerprint density at radius 3 is 2.50 bits per heavy atom. The van der Waals surface area contributed by atoms with Crippen LogP contribution in [0.1, 0.15) is 22.3 Å². The standard InChI is InChI=1S/C24H20ClF2N3O2/c25-21-7-2-5-17(22(21)27)15-29-12-3-13-30(24(29)32)20-10-8-19(9-11-20)28-23(31)16-4-1-6-18(26)14-16/h1-2,4-11,14H,3,12-13,15H2,(H,28,31). The van der Waals surface area contributed by atoms with Crippen molar-refractivity contribution >= 4 is 34.9 Å². The van der Waals surface area contributed by atoms with Crippen molar-refractivity contribution in [2.45, 2.75) is 13.0 Å². The summed E-state index contributed by atoms with van der Waals surface area (Å²) in [6.45, 7) is 1.18. The molecular weight excluding hydrogens is 436 g/mol. The molecule has 1 N–H and O–H groups in total. The summed E-state index contributed by atoms with van der Waals surface area (Å²) in [5.41, 5.74) is 1.76. The van der Waals surface area contributed by atoms with Gasteiger partial charge in [-0.15, -0.1) is 0 Å². The normalized spacial score (nSPS) is 13.9. The van der Waals surface area contributed by atoms with Gasteiger partial charge in [-0.1, -0.05) is 29.8 Å². The molecular formula is C24H20ClF2N3O2. The molecule has 1 heterocycles. The van der Waals surface area contributed by atoms with Crippen molar-refractivity contribution in [1.29, 1.82) is 0 Å². The van der Waals surface area contributed by atoms with E-state index in [4.69, 9.17) is 11.6 Å². The van der Waals surface area contributed by atoms with Gasteiger partial charge in [0.25, 0.3) is 5.91 Å². The van der Waals surface area contributed by atoms with E-state index < -0.39 is 17.5 Å². The van der Waals surface area contributed by atoms with Gasteiger partial charge in [-0.25, -0.2) is 13.6 Å². The van der Waals surface area contributed by atoms with Gasteiger partial charge in [-0.2, -0.15) is 0 Å². The maximum atomic E-state index is 14.3. The van der Waals surface area contributed by atoms with Crippen LogP contribution < -0.4 is 10.2 Å². The minimum Gasteiger partial charge on any atom is -0.322 e. The van der Waals surface area contributed by atoms with Crippen LogP contribution >= 0.6 is 11.6 Å². The molecule has 0 unspecified atom stereocenters. The second kappa shape index (κ2) is 9.36. The first-order chi connectivity index (χ1) is 15.4. The second-order valence-corrected chi connectivity index (χ2v) is 7.84. The van der Waals surface area contributed by atoms with Crippen LogP contribution in [0.15, 0.2) is 66.7 Å². The van der Waals surface area contributed by atoms with Crippen LogP contribution in [0, 0.1) is 11.6 Å². The number of amides is 3. The summed E-state index contributed by atoms with van der Waals surface area (Å²) >= 11 is 5.85. The molecule has 0 saturated carbocycles. The number of nitrogens with one attached hydrogen (secondary N) is 1. The summed E-state index contributed by atoms with van der Waals surface area (Å²) < 4.78 is 27.6. The number of rotatable bonds is 5. The van der Waals surface area contributed by atoms with Gasteiger partial charge in [0.2, 0.25) is 0 Å². The average Bonchev–Trinajstić information content (AvgIpc) is 2.79. The van der Waals surface area contributed by atoms with Crippen LogP contribution in [0.3, 0.4) is 0 Å². The predicted molar refractivity (Wildman–Crippen MR) is 120 cm³/mol. The Morgan fingerprint density at radius 2 is 1.75 bits per heavy atom. The maximum absolute atomic E-state index is 14.3. The Hall–Kier alpha value is -3.45. The Morgan fingerprint density at radius 1 is 1.00 bits per heavy atom. The van der Waals surface area contributed by atoms with Crippen LogP contribution in [-0.4, -0.2) is 29.9 Å². The monoisotopic (exact) mass is 455 g/mol. The van der Waals surface area contributed by atoms with Crippen LogP contribution in [-0.2, 0) is 6.54 Å². The van der Waals surface area contributed by atoms with E-state index in [0.29, 0.717) is 30.0 Å². The lowest BCUT2D eigenvalue weighted by Crippen LogP contribution is -2.49. The Bertz CT molecular complexity index is 1150. The molecule has 0 aliphatic carbocycles. The quantitative estimate of drug-likeness (QED) is 0.536. The molecule has 0 bridgehead atoms. The summed E-state index contributed by atoms with van der Waals surface area (Å²) in [5.74, 6) is -1.43. The van der Waals surface area contributed by atoms with Crippen molar-refractivity contribution in [3.05, 3.63) is 94.5 Å². The fourth-order valence-corrected chi connectivity index (χ4v) is 3.80. The third-order valence-electron chi connectivity index (χ3n) is 5.23. The second-order valence-electron chi connectivity index (χ2n) is 7.43. The van der Waals surface area contributed by atoms with Crippen LogP contribution in [0.5, 0.6) is 0 Å². The molecule has 0 radical (unpaired) electrons. The van der Waals surface area contributed by atoms with E-state index in [1.165, 1.54) is 24.3 Å². The Labute approximate surface area is 189 Å². The van der Waals surface area contributed by atoms with Gasteiger partial charge in [-0.05, 0) is 55.0 Å². The number of carbonyl (C=O) groups excluding carboxylic acids is 2. The molecule has 0 aromatic heterocycles. The average molecular weight is 456 g/mol. The van der Waals surface area contributed by atoms with Crippen LogP contribution in [0.4, 0.5) is 25.0 Å². The van der Waals surface area contributed by atoms with Crippen molar-refractivity contribution in [2.24, 2.45) is 0 Å². The van der Waals surface area contributed by atoms with E-state index in [-0.39, 0.29) is 23.2 Å². The van der Waals surface area contributed by atoms with E-state index in [2.05, 4.69) is 5.32 Å². The predicted octanol–water partition coefficient (Wildman–Crippen LogP) is 5.70. The zero-order valence-corrected chi connectivity index (χ0v) is 17.8. The van der Waals surface area contributed by atoms with E-state index in [1.807, 2.05) is 0 Å². The van der Waals surface area contributed by atoms with Crippen LogP contribution in [0.2, 0.25) is 5.02 Å². The van der Waals surface area contributed by atoms with Gasteiger partial charge in [0, 0.05) is 35.6 Å². The molecule has 0 spiro atoms. The van der Waals surface area contributed by atoms with Crippen molar-refractivity contribution < 1.29 is 18.4 Å². The number of halogens is 3. The van der Waals surface area contributed by atoms with E-state index in [9.17, 15) is 18.4 Å². The van der Waals surface area contributed by atoms with Gasteiger partial charge in [0.1, 0.15) is 11.6 Å². The van der Waals surface area contributed by atoms with Crippen LogP contribution in [0.25, 0.3) is 0 Å². The number of benzene rings is 3. The fourth-order valence-electron chi connectivity index (χ4n) is 3.60. The minimum absolute atomic E-state index is 0.0275. The molecule has 3 aromatic carbocycles. The smallest absolute Gasteiger partial charge is 0.322 e. The summed E-state index contributed by atoms with van der Waals surface area (Å²) in [7, 11) is 0. The summed E-state index contributed by atoms with van der Waals surface area (Å²) in [6.07, 6.45) is 0.728. The molecule has 0 atom stereocenters. The molecule has 1 fully saturated rings. The molecule has 3 amide bonds. The molecule has 164 valence electrons. The zero-order valence-electron chi connectivity index (χ0n) is 17.0. The molecule has 4 rings (SSSR count). The maximum Gasteiger partial charge on any atom is 0.324 e. The van der Waals surface area contributed by atoms with Crippen molar-refractivity contribution in [1.82, 2.24) is 4.90 Å². The number of carbonyl (C=O) groups is 2. The molecule has 1 aliphatic heterocycles. The van der Waals surface area contributed by atoms with Gasteiger partial charge in [-0.3, -0.25) is 9.69 Å². The molecule has 1 saturated heterocycles.